The van der Waals surface area contributed by atoms with Crippen molar-refractivity contribution < 1.29 is 9.53 Å². The molecule has 1 aromatic rings. The van der Waals surface area contributed by atoms with Crippen LogP contribution in [0.3, 0.4) is 0 Å². The van der Waals surface area contributed by atoms with Crippen LogP contribution in [0.2, 0.25) is 10.0 Å². The number of halogens is 2. The van der Waals surface area contributed by atoms with Gasteiger partial charge in [-0.25, -0.2) is 0 Å². The third-order valence-corrected chi connectivity index (χ3v) is 5.07. The summed E-state index contributed by atoms with van der Waals surface area (Å²) in [7, 11) is 0. The number of piperidine rings is 1. The molecule has 6 heteroatoms. The smallest absolute Gasteiger partial charge is 0.222 e. The Hall–Kier alpha value is -0.970. The highest BCUT2D eigenvalue weighted by atomic mass is 35.5. The second-order valence-electron chi connectivity index (χ2n) is 6.69. The van der Waals surface area contributed by atoms with Gasteiger partial charge in [-0.15, -0.1) is 0 Å². The van der Waals surface area contributed by atoms with Gasteiger partial charge >= 0.3 is 0 Å². The Balaban J connectivity index is 1.64. The molecular weight excluding hydrogens is 359 g/mol. The third-order valence-electron chi connectivity index (χ3n) is 4.63. The van der Waals surface area contributed by atoms with Crippen molar-refractivity contribution in [2.45, 2.75) is 44.9 Å². The summed E-state index contributed by atoms with van der Waals surface area (Å²) in [4.78, 5) is 14.2. The minimum atomic E-state index is 0.286. The van der Waals surface area contributed by atoms with E-state index in [-0.39, 0.29) is 5.91 Å². The van der Waals surface area contributed by atoms with Gasteiger partial charge in [-0.3, -0.25) is 4.79 Å². The molecule has 4 nitrogen and oxygen atoms in total. The molecule has 0 spiro atoms. The number of nitrogens with two attached hydrogens (primary N) is 1. The molecule has 1 saturated heterocycles. The van der Waals surface area contributed by atoms with Crippen LogP contribution in [-0.2, 0) is 4.79 Å². The zero-order valence-electron chi connectivity index (χ0n) is 14.7. The molecule has 1 aromatic carbocycles. The zero-order valence-corrected chi connectivity index (χ0v) is 16.2. The molecule has 140 valence electrons. The maximum atomic E-state index is 12.2. The minimum absolute atomic E-state index is 0.286. The molecular formula is C19H28Cl2N2O2. The molecule has 0 bridgehead atoms. The summed E-state index contributed by atoms with van der Waals surface area (Å²) < 4.78 is 5.82. The van der Waals surface area contributed by atoms with E-state index in [0.29, 0.717) is 34.7 Å². The number of carbonyl (C=O) groups excluding carboxylic acids is 1. The number of hydrogen-bond acceptors (Lipinski definition) is 3. The summed E-state index contributed by atoms with van der Waals surface area (Å²) in [5, 5.41) is 1.16. The van der Waals surface area contributed by atoms with Crippen LogP contribution in [0.1, 0.15) is 44.9 Å². The average molecular weight is 387 g/mol. The van der Waals surface area contributed by atoms with E-state index in [9.17, 15) is 4.79 Å². The first-order valence-electron chi connectivity index (χ1n) is 9.15. The first-order valence-corrected chi connectivity index (χ1v) is 9.91. The first kappa shape index (κ1) is 20.3. The molecule has 25 heavy (non-hydrogen) atoms. The third kappa shape index (κ3) is 7.43. The van der Waals surface area contributed by atoms with Gasteiger partial charge in [0.25, 0.3) is 0 Å². The predicted molar refractivity (Wildman–Crippen MR) is 103 cm³/mol. The summed E-state index contributed by atoms with van der Waals surface area (Å²) in [5.41, 5.74) is 5.48. The van der Waals surface area contributed by atoms with Crippen LogP contribution in [0.25, 0.3) is 0 Å². The molecule has 1 aliphatic heterocycles. The van der Waals surface area contributed by atoms with E-state index < -0.39 is 0 Å². The summed E-state index contributed by atoms with van der Waals surface area (Å²) in [6.07, 6.45) is 6.86. The second kappa shape index (κ2) is 10.9. The second-order valence-corrected chi connectivity index (χ2v) is 7.57. The number of likely N-dealkylation sites (tertiary alicyclic amines) is 1. The van der Waals surface area contributed by atoms with Gasteiger partial charge in [-0.2, -0.15) is 0 Å². The summed E-state index contributed by atoms with van der Waals surface area (Å²) in [6.45, 7) is 3.03. The molecule has 2 rings (SSSR count). The highest BCUT2D eigenvalue weighted by Gasteiger charge is 2.22. The standard InChI is InChI=1S/C19H28Cl2N2O2/c20-16-11-17(21)13-18(12-16)25-14-15-6-9-23(10-7-15)19(24)5-3-1-2-4-8-22/h11-13,15H,1-10,14,22H2. The van der Waals surface area contributed by atoms with E-state index >= 15 is 0 Å². The highest BCUT2D eigenvalue weighted by Crippen LogP contribution is 2.26. The predicted octanol–water partition coefficient (Wildman–Crippen LogP) is 4.52. The van der Waals surface area contributed by atoms with Gasteiger partial charge in [0.15, 0.2) is 0 Å². The molecule has 1 fully saturated rings. The summed E-state index contributed by atoms with van der Waals surface area (Å²) >= 11 is 12.0. The van der Waals surface area contributed by atoms with Crippen molar-refractivity contribution in [2.24, 2.45) is 11.7 Å². The Kier molecular flexibility index (Phi) is 8.87. The van der Waals surface area contributed by atoms with Gasteiger partial charge in [-0.05, 0) is 56.3 Å². The number of ether oxygens (including phenoxy) is 1. The lowest BCUT2D eigenvalue weighted by atomic mass is 9.97. The van der Waals surface area contributed by atoms with Crippen LogP contribution < -0.4 is 10.5 Å². The normalized spacial score (nSPS) is 15.4. The minimum Gasteiger partial charge on any atom is -0.493 e. The highest BCUT2D eigenvalue weighted by molar-refractivity contribution is 6.34. The van der Waals surface area contributed by atoms with E-state index in [0.717, 1.165) is 58.2 Å². The lowest BCUT2D eigenvalue weighted by Gasteiger charge is -2.32. The van der Waals surface area contributed by atoms with Crippen molar-refractivity contribution in [3.8, 4) is 5.75 Å². The maximum absolute atomic E-state index is 12.2. The Morgan fingerprint density at radius 3 is 2.36 bits per heavy atom. The summed E-state index contributed by atoms with van der Waals surface area (Å²) in [6, 6.07) is 5.24. The lowest BCUT2D eigenvalue weighted by molar-refractivity contribution is -0.132. The fourth-order valence-corrected chi connectivity index (χ4v) is 3.61. The van der Waals surface area contributed by atoms with Crippen LogP contribution in [0.4, 0.5) is 0 Å². The van der Waals surface area contributed by atoms with E-state index in [1.165, 1.54) is 0 Å². The van der Waals surface area contributed by atoms with E-state index in [4.69, 9.17) is 33.7 Å². The fraction of sp³-hybridized carbons (Fsp3) is 0.632. The van der Waals surface area contributed by atoms with E-state index in [1.807, 2.05) is 4.90 Å². The lowest BCUT2D eigenvalue weighted by Crippen LogP contribution is -2.39. The van der Waals surface area contributed by atoms with Crippen LogP contribution in [0.15, 0.2) is 18.2 Å². The van der Waals surface area contributed by atoms with Crippen molar-refractivity contribution in [1.82, 2.24) is 4.90 Å². The van der Waals surface area contributed by atoms with Gasteiger partial charge in [0.2, 0.25) is 5.91 Å². The molecule has 0 saturated carbocycles. The molecule has 0 atom stereocenters. The number of unbranched alkanes of at least 4 members (excludes halogenated alkanes) is 3. The Morgan fingerprint density at radius 2 is 1.72 bits per heavy atom. The first-order chi connectivity index (χ1) is 12.1. The quantitative estimate of drug-likeness (QED) is 0.634. The van der Waals surface area contributed by atoms with Crippen molar-refractivity contribution in [2.75, 3.05) is 26.2 Å². The molecule has 1 aliphatic rings. The van der Waals surface area contributed by atoms with Crippen molar-refractivity contribution in [1.29, 1.82) is 0 Å². The van der Waals surface area contributed by atoms with Crippen LogP contribution in [0, 0.1) is 5.92 Å². The van der Waals surface area contributed by atoms with Gasteiger partial charge in [0.1, 0.15) is 5.75 Å². The molecule has 0 aliphatic carbocycles. The van der Waals surface area contributed by atoms with Crippen LogP contribution >= 0.6 is 23.2 Å². The van der Waals surface area contributed by atoms with Gasteiger partial charge in [0, 0.05) is 29.6 Å². The molecule has 0 radical (unpaired) electrons. The number of carbonyl (C=O) groups is 1. The van der Waals surface area contributed by atoms with Crippen molar-refractivity contribution in [3.05, 3.63) is 28.2 Å². The topological polar surface area (TPSA) is 55.6 Å². The van der Waals surface area contributed by atoms with Gasteiger partial charge < -0.3 is 15.4 Å². The fourth-order valence-electron chi connectivity index (χ4n) is 3.11. The average Bonchev–Trinajstić information content (AvgIpc) is 2.59. The number of hydrogen-bond donors (Lipinski definition) is 1. The number of benzene rings is 1. The number of rotatable bonds is 9. The molecule has 2 N–H and O–H groups in total. The zero-order chi connectivity index (χ0) is 18.1. The molecule has 0 unspecified atom stereocenters. The summed E-state index contributed by atoms with van der Waals surface area (Å²) in [5.74, 6) is 1.45. The monoisotopic (exact) mass is 386 g/mol. The molecule has 1 heterocycles. The maximum Gasteiger partial charge on any atom is 0.222 e. The SMILES string of the molecule is NCCCCCCC(=O)N1CCC(COc2cc(Cl)cc(Cl)c2)CC1. The van der Waals surface area contributed by atoms with Crippen molar-refractivity contribution >= 4 is 29.1 Å². The Bertz CT molecular complexity index is 526. The largest absolute Gasteiger partial charge is 0.493 e. The molecule has 0 aromatic heterocycles. The number of nitrogens with zero attached hydrogens (tertiary/aromatic N) is 1. The Labute approximate surface area is 160 Å². The van der Waals surface area contributed by atoms with Gasteiger partial charge in [-0.1, -0.05) is 36.0 Å². The van der Waals surface area contributed by atoms with Gasteiger partial charge in [0.05, 0.1) is 6.61 Å². The van der Waals surface area contributed by atoms with E-state index in [2.05, 4.69) is 0 Å². The van der Waals surface area contributed by atoms with E-state index in [1.54, 1.807) is 18.2 Å². The van der Waals surface area contributed by atoms with Crippen LogP contribution in [-0.4, -0.2) is 37.0 Å². The number of amides is 1. The van der Waals surface area contributed by atoms with Crippen LogP contribution in [0.5, 0.6) is 5.75 Å². The molecule has 1 amide bonds. The van der Waals surface area contributed by atoms with Crippen molar-refractivity contribution in [3.63, 3.8) is 0 Å². The Morgan fingerprint density at radius 1 is 1.08 bits per heavy atom.